The number of rotatable bonds is 4. The Morgan fingerprint density at radius 1 is 1.30 bits per heavy atom. The van der Waals surface area contributed by atoms with E-state index in [0.29, 0.717) is 24.6 Å². The summed E-state index contributed by atoms with van der Waals surface area (Å²) >= 11 is 0. The fraction of sp³-hybridized carbons (Fsp3) is 0.471. The Morgan fingerprint density at radius 2 is 2.09 bits per heavy atom. The van der Waals surface area contributed by atoms with Crippen LogP contribution in [-0.4, -0.2) is 52.5 Å². The number of carbonyl (C=O) groups is 1. The van der Waals surface area contributed by atoms with E-state index in [1.54, 1.807) is 6.92 Å². The molecule has 1 fully saturated rings. The van der Waals surface area contributed by atoms with Crippen molar-refractivity contribution >= 4 is 5.91 Å². The molecule has 1 amide bonds. The van der Waals surface area contributed by atoms with Crippen LogP contribution in [0.3, 0.4) is 0 Å². The van der Waals surface area contributed by atoms with Crippen LogP contribution < -0.4 is 0 Å². The lowest BCUT2D eigenvalue weighted by molar-refractivity contribution is -0.136. The smallest absolute Gasteiger partial charge is 0.227 e. The van der Waals surface area contributed by atoms with Gasteiger partial charge in [-0.25, -0.2) is 0 Å². The second-order valence-electron chi connectivity index (χ2n) is 6.01. The Kier molecular flexibility index (Phi) is 4.71. The molecule has 1 atom stereocenters. The van der Waals surface area contributed by atoms with Gasteiger partial charge < -0.3 is 14.3 Å². The molecule has 1 unspecified atom stereocenters. The predicted octanol–water partition coefficient (Wildman–Crippen LogP) is 1.83. The van der Waals surface area contributed by atoms with E-state index in [-0.39, 0.29) is 11.9 Å². The van der Waals surface area contributed by atoms with Crippen molar-refractivity contribution in [1.29, 1.82) is 0 Å². The molecule has 6 nitrogen and oxygen atoms in total. The van der Waals surface area contributed by atoms with Crippen molar-refractivity contribution in [1.82, 2.24) is 19.9 Å². The van der Waals surface area contributed by atoms with Gasteiger partial charge in [0.2, 0.25) is 11.8 Å². The zero-order valence-electron chi connectivity index (χ0n) is 13.6. The number of piperazine rings is 1. The van der Waals surface area contributed by atoms with Crippen LogP contribution in [0.2, 0.25) is 0 Å². The summed E-state index contributed by atoms with van der Waals surface area (Å²) in [4.78, 5) is 21.1. The van der Waals surface area contributed by atoms with Crippen LogP contribution in [0.1, 0.15) is 29.7 Å². The van der Waals surface area contributed by atoms with E-state index >= 15 is 0 Å². The fourth-order valence-electron chi connectivity index (χ4n) is 2.98. The van der Waals surface area contributed by atoms with E-state index in [1.165, 1.54) is 5.56 Å². The average molecular weight is 314 g/mol. The van der Waals surface area contributed by atoms with E-state index in [1.807, 2.05) is 23.1 Å². The van der Waals surface area contributed by atoms with E-state index in [0.717, 1.165) is 19.6 Å². The zero-order valence-corrected chi connectivity index (χ0v) is 13.6. The standard InChI is InChI=1S/C17H22N4O2/c1-13-18-16(23-19-13)8-9-17(22)21-11-10-20(2)12-15(21)14-6-4-3-5-7-14/h3-7,15H,8-12H2,1-2H3. The van der Waals surface area contributed by atoms with Crippen molar-refractivity contribution in [3.05, 3.63) is 47.6 Å². The van der Waals surface area contributed by atoms with E-state index in [2.05, 4.69) is 34.2 Å². The van der Waals surface area contributed by atoms with E-state index in [4.69, 9.17) is 4.52 Å². The maximum atomic E-state index is 12.7. The van der Waals surface area contributed by atoms with Gasteiger partial charge in [-0.05, 0) is 19.5 Å². The quantitative estimate of drug-likeness (QED) is 0.861. The maximum absolute atomic E-state index is 12.7. The summed E-state index contributed by atoms with van der Waals surface area (Å²) in [6.07, 6.45) is 0.891. The normalized spacial score (nSPS) is 19.0. The summed E-state index contributed by atoms with van der Waals surface area (Å²) < 4.78 is 5.09. The molecular formula is C17H22N4O2. The molecule has 1 saturated heterocycles. The number of aryl methyl sites for hydroxylation is 2. The van der Waals surface area contributed by atoms with Crippen molar-refractivity contribution in [2.24, 2.45) is 0 Å². The molecular weight excluding hydrogens is 292 g/mol. The van der Waals surface area contributed by atoms with Crippen LogP contribution in [0.25, 0.3) is 0 Å². The van der Waals surface area contributed by atoms with E-state index in [9.17, 15) is 4.79 Å². The van der Waals surface area contributed by atoms with Gasteiger partial charge in [0, 0.05) is 32.5 Å². The maximum Gasteiger partial charge on any atom is 0.227 e. The number of likely N-dealkylation sites (N-methyl/N-ethyl adjacent to an activating group) is 1. The fourth-order valence-corrected chi connectivity index (χ4v) is 2.98. The number of carbonyl (C=O) groups excluding carboxylic acids is 1. The van der Waals surface area contributed by atoms with Gasteiger partial charge in [-0.1, -0.05) is 35.5 Å². The molecule has 0 spiro atoms. The second-order valence-corrected chi connectivity index (χ2v) is 6.01. The van der Waals surface area contributed by atoms with Crippen molar-refractivity contribution in [2.75, 3.05) is 26.7 Å². The molecule has 1 aliphatic rings. The molecule has 122 valence electrons. The zero-order chi connectivity index (χ0) is 16.2. The Bertz CT molecular complexity index is 656. The molecule has 0 aliphatic carbocycles. The summed E-state index contributed by atoms with van der Waals surface area (Å²) in [7, 11) is 2.10. The molecule has 1 aromatic heterocycles. The summed E-state index contributed by atoms with van der Waals surface area (Å²) in [6, 6.07) is 10.3. The molecule has 0 N–H and O–H groups in total. The molecule has 1 aromatic carbocycles. The minimum atomic E-state index is 0.104. The number of nitrogens with zero attached hydrogens (tertiary/aromatic N) is 4. The lowest BCUT2D eigenvalue weighted by Crippen LogP contribution is -2.49. The molecule has 0 saturated carbocycles. The topological polar surface area (TPSA) is 62.5 Å². The molecule has 3 rings (SSSR count). The van der Waals surface area contributed by atoms with Crippen LogP contribution in [0.5, 0.6) is 0 Å². The minimum Gasteiger partial charge on any atom is -0.339 e. The van der Waals surface area contributed by atoms with Gasteiger partial charge in [0.1, 0.15) is 0 Å². The van der Waals surface area contributed by atoms with Crippen LogP contribution in [-0.2, 0) is 11.2 Å². The number of benzene rings is 1. The molecule has 0 radical (unpaired) electrons. The SMILES string of the molecule is Cc1noc(CCC(=O)N2CCN(C)CC2c2ccccc2)n1. The highest BCUT2D eigenvalue weighted by atomic mass is 16.5. The summed E-state index contributed by atoms with van der Waals surface area (Å²) in [5.41, 5.74) is 1.18. The van der Waals surface area contributed by atoms with Crippen LogP contribution in [0.4, 0.5) is 0 Å². The molecule has 2 aromatic rings. The lowest BCUT2D eigenvalue weighted by Gasteiger charge is -2.40. The average Bonchev–Trinajstić information content (AvgIpc) is 2.99. The first-order chi connectivity index (χ1) is 11.1. The second kappa shape index (κ2) is 6.91. The van der Waals surface area contributed by atoms with Gasteiger partial charge in [-0.15, -0.1) is 0 Å². The van der Waals surface area contributed by atoms with Gasteiger partial charge in [-0.2, -0.15) is 4.98 Å². The monoisotopic (exact) mass is 314 g/mol. The first-order valence-electron chi connectivity index (χ1n) is 7.95. The number of aromatic nitrogens is 2. The van der Waals surface area contributed by atoms with Crippen LogP contribution >= 0.6 is 0 Å². The van der Waals surface area contributed by atoms with Crippen LogP contribution in [0.15, 0.2) is 34.9 Å². The largest absolute Gasteiger partial charge is 0.339 e. The summed E-state index contributed by atoms with van der Waals surface area (Å²) in [5, 5.41) is 3.76. The highest BCUT2D eigenvalue weighted by Gasteiger charge is 2.30. The Labute approximate surface area is 136 Å². The van der Waals surface area contributed by atoms with Gasteiger partial charge in [-0.3, -0.25) is 4.79 Å². The third-order valence-electron chi connectivity index (χ3n) is 4.21. The van der Waals surface area contributed by atoms with Gasteiger partial charge in [0.15, 0.2) is 5.82 Å². The Balaban J connectivity index is 1.69. The summed E-state index contributed by atoms with van der Waals surface area (Å²) in [5.74, 6) is 1.28. The van der Waals surface area contributed by atoms with Crippen molar-refractivity contribution in [3.8, 4) is 0 Å². The third-order valence-corrected chi connectivity index (χ3v) is 4.21. The van der Waals surface area contributed by atoms with Crippen molar-refractivity contribution in [3.63, 3.8) is 0 Å². The predicted molar refractivity (Wildman–Crippen MR) is 85.7 cm³/mol. The van der Waals surface area contributed by atoms with Crippen molar-refractivity contribution in [2.45, 2.75) is 25.8 Å². The van der Waals surface area contributed by atoms with E-state index < -0.39 is 0 Å². The van der Waals surface area contributed by atoms with Gasteiger partial charge >= 0.3 is 0 Å². The lowest BCUT2D eigenvalue weighted by atomic mass is 10.0. The Morgan fingerprint density at radius 3 is 2.78 bits per heavy atom. The molecule has 1 aliphatic heterocycles. The number of amides is 1. The van der Waals surface area contributed by atoms with Gasteiger partial charge in [0.05, 0.1) is 6.04 Å². The van der Waals surface area contributed by atoms with Crippen molar-refractivity contribution < 1.29 is 9.32 Å². The molecule has 2 heterocycles. The number of hydrogen-bond donors (Lipinski definition) is 0. The van der Waals surface area contributed by atoms with Gasteiger partial charge in [0.25, 0.3) is 0 Å². The number of hydrogen-bond acceptors (Lipinski definition) is 5. The first kappa shape index (κ1) is 15.7. The van der Waals surface area contributed by atoms with Crippen LogP contribution in [0, 0.1) is 6.92 Å². The molecule has 0 bridgehead atoms. The highest BCUT2D eigenvalue weighted by Crippen LogP contribution is 2.25. The Hall–Kier alpha value is -2.21. The molecule has 23 heavy (non-hydrogen) atoms. The third kappa shape index (κ3) is 3.76. The summed E-state index contributed by atoms with van der Waals surface area (Å²) in [6.45, 7) is 4.28. The first-order valence-corrected chi connectivity index (χ1v) is 7.95. The molecule has 6 heteroatoms. The highest BCUT2D eigenvalue weighted by molar-refractivity contribution is 5.77. The minimum absolute atomic E-state index is 0.104.